The molecule has 1 unspecified atom stereocenters. The van der Waals surface area contributed by atoms with Gasteiger partial charge in [0.05, 0.1) is 23.5 Å². The van der Waals surface area contributed by atoms with Crippen molar-refractivity contribution >= 4 is 11.5 Å². The Bertz CT molecular complexity index is 628. The summed E-state index contributed by atoms with van der Waals surface area (Å²) in [6.45, 7) is 4.11. The topological polar surface area (TPSA) is 74.7 Å². The number of aryl methyl sites for hydroxylation is 1. The van der Waals surface area contributed by atoms with Crippen LogP contribution in [0.5, 0.6) is 0 Å². The predicted octanol–water partition coefficient (Wildman–Crippen LogP) is 3.02. The Morgan fingerprint density at radius 2 is 2.11 bits per heavy atom. The number of benzene rings is 1. The van der Waals surface area contributed by atoms with E-state index >= 15 is 0 Å². The molecule has 1 atom stereocenters. The standard InChI is InChI=1S/C15H16N4/c1-10-5-3-4-6-14(10)11(2)19-15-12(8-16)7-13(17)9-18-15/h3-7,9,11H,17H2,1-2H3,(H,18,19). The summed E-state index contributed by atoms with van der Waals surface area (Å²) < 4.78 is 0. The number of aromatic nitrogens is 1. The van der Waals surface area contributed by atoms with Gasteiger partial charge in [-0.1, -0.05) is 24.3 Å². The Morgan fingerprint density at radius 3 is 2.79 bits per heavy atom. The van der Waals surface area contributed by atoms with E-state index < -0.39 is 0 Å². The van der Waals surface area contributed by atoms with Gasteiger partial charge in [-0.05, 0) is 31.0 Å². The van der Waals surface area contributed by atoms with Gasteiger partial charge < -0.3 is 11.1 Å². The van der Waals surface area contributed by atoms with Gasteiger partial charge in [0.1, 0.15) is 11.9 Å². The number of hydrogen-bond donors (Lipinski definition) is 2. The number of nitrogen functional groups attached to an aromatic ring is 1. The molecular formula is C15H16N4. The lowest BCUT2D eigenvalue weighted by molar-refractivity contribution is 0.864. The van der Waals surface area contributed by atoms with Gasteiger partial charge >= 0.3 is 0 Å². The summed E-state index contributed by atoms with van der Waals surface area (Å²) in [7, 11) is 0. The minimum atomic E-state index is 0.0735. The second-order valence-corrected chi connectivity index (χ2v) is 4.50. The van der Waals surface area contributed by atoms with Crippen LogP contribution in [0.3, 0.4) is 0 Å². The molecule has 1 aromatic carbocycles. The molecule has 2 rings (SSSR count). The van der Waals surface area contributed by atoms with E-state index in [1.807, 2.05) is 19.1 Å². The first-order valence-corrected chi connectivity index (χ1v) is 6.09. The lowest BCUT2D eigenvalue weighted by Crippen LogP contribution is -2.10. The molecule has 0 fully saturated rings. The number of nitrogens with two attached hydrogens (primary N) is 1. The van der Waals surface area contributed by atoms with Crippen molar-refractivity contribution < 1.29 is 0 Å². The molecule has 96 valence electrons. The van der Waals surface area contributed by atoms with Gasteiger partial charge in [0.2, 0.25) is 0 Å². The highest BCUT2D eigenvalue weighted by atomic mass is 15.0. The Kier molecular flexibility index (Phi) is 3.67. The fraction of sp³-hybridized carbons (Fsp3) is 0.200. The highest BCUT2D eigenvalue weighted by molar-refractivity contribution is 5.58. The summed E-state index contributed by atoms with van der Waals surface area (Å²) in [5.41, 5.74) is 8.97. The fourth-order valence-corrected chi connectivity index (χ4v) is 2.04. The third-order valence-electron chi connectivity index (χ3n) is 3.04. The molecule has 1 heterocycles. The molecular weight excluding hydrogens is 236 g/mol. The van der Waals surface area contributed by atoms with Crippen LogP contribution in [0.1, 0.15) is 29.7 Å². The van der Waals surface area contributed by atoms with Crippen molar-refractivity contribution in [3.8, 4) is 6.07 Å². The van der Waals surface area contributed by atoms with Crippen molar-refractivity contribution in [2.45, 2.75) is 19.9 Å². The van der Waals surface area contributed by atoms with Crippen LogP contribution < -0.4 is 11.1 Å². The smallest absolute Gasteiger partial charge is 0.144 e. The van der Waals surface area contributed by atoms with E-state index in [4.69, 9.17) is 11.0 Å². The molecule has 0 spiro atoms. The Hall–Kier alpha value is -2.54. The molecule has 0 aliphatic heterocycles. The molecule has 0 aliphatic rings. The summed E-state index contributed by atoms with van der Waals surface area (Å²) in [6, 6.07) is 11.9. The lowest BCUT2D eigenvalue weighted by atomic mass is 10.0. The minimum absolute atomic E-state index is 0.0735. The van der Waals surface area contributed by atoms with Gasteiger partial charge in [0.15, 0.2) is 0 Å². The molecule has 0 amide bonds. The summed E-state index contributed by atoms with van der Waals surface area (Å²) in [5.74, 6) is 0.562. The predicted molar refractivity (Wildman–Crippen MR) is 76.6 cm³/mol. The molecule has 4 nitrogen and oxygen atoms in total. The van der Waals surface area contributed by atoms with E-state index in [1.54, 1.807) is 12.3 Å². The van der Waals surface area contributed by atoms with E-state index in [1.165, 1.54) is 11.1 Å². The first kappa shape index (κ1) is 12.9. The van der Waals surface area contributed by atoms with Crippen molar-refractivity contribution in [2.75, 3.05) is 11.1 Å². The summed E-state index contributed by atoms with van der Waals surface area (Å²) in [4.78, 5) is 4.19. The van der Waals surface area contributed by atoms with Crippen LogP contribution in [0.4, 0.5) is 11.5 Å². The number of nitrogens with zero attached hydrogens (tertiary/aromatic N) is 2. The summed E-state index contributed by atoms with van der Waals surface area (Å²) in [5, 5.41) is 12.4. The molecule has 0 saturated carbocycles. The Labute approximate surface area is 112 Å². The Morgan fingerprint density at radius 1 is 1.37 bits per heavy atom. The van der Waals surface area contributed by atoms with E-state index in [9.17, 15) is 0 Å². The van der Waals surface area contributed by atoms with Crippen molar-refractivity contribution in [1.82, 2.24) is 4.98 Å². The lowest BCUT2D eigenvalue weighted by Gasteiger charge is -2.17. The highest BCUT2D eigenvalue weighted by Crippen LogP contribution is 2.23. The van der Waals surface area contributed by atoms with E-state index in [-0.39, 0.29) is 6.04 Å². The number of rotatable bonds is 3. The van der Waals surface area contributed by atoms with E-state index in [2.05, 4.69) is 35.4 Å². The number of hydrogen-bond acceptors (Lipinski definition) is 4. The molecule has 19 heavy (non-hydrogen) atoms. The maximum Gasteiger partial charge on any atom is 0.144 e. The maximum absolute atomic E-state index is 9.10. The van der Waals surface area contributed by atoms with Crippen LogP contribution in [0.15, 0.2) is 36.5 Å². The maximum atomic E-state index is 9.10. The SMILES string of the molecule is Cc1ccccc1C(C)Nc1ncc(N)cc1C#N. The zero-order chi connectivity index (χ0) is 13.8. The van der Waals surface area contributed by atoms with Gasteiger partial charge in [-0.25, -0.2) is 4.98 Å². The third kappa shape index (κ3) is 2.83. The molecule has 4 heteroatoms. The zero-order valence-corrected chi connectivity index (χ0v) is 11.0. The molecule has 1 aromatic heterocycles. The second kappa shape index (κ2) is 5.40. The van der Waals surface area contributed by atoms with Crippen LogP contribution >= 0.6 is 0 Å². The largest absolute Gasteiger partial charge is 0.397 e. The summed E-state index contributed by atoms with van der Waals surface area (Å²) >= 11 is 0. The normalized spacial score (nSPS) is 11.6. The van der Waals surface area contributed by atoms with Gasteiger partial charge in [0, 0.05) is 0 Å². The van der Waals surface area contributed by atoms with Crippen molar-refractivity contribution in [3.05, 3.63) is 53.2 Å². The average molecular weight is 252 g/mol. The molecule has 0 radical (unpaired) electrons. The number of anilines is 2. The monoisotopic (exact) mass is 252 g/mol. The minimum Gasteiger partial charge on any atom is -0.397 e. The number of pyridine rings is 1. The van der Waals surface area contributed by atoms with Gasteiger partial charge in [-0.2, -0.15) is 5.26 Å². The first-order chi connectivity index (χ1) is 9.11. The highest BCUT2D eigenvalue weighted by Gasteiger charge is 2.11. The second-order valence-electron chi connectivity index (χ2n) is 4.50. The van der Waals surface area contributed by atoms with Crippen LogP contribution in [0.25, 0.3) is 0 Å². The van der Waals surface area contributed by atoms with Crippen molar-refractivity contribution in [1.29, 1.82) is 5.26 Å². The quantitative estimate of drug-likeness (QED) is 0.880. The fourth-order valence-electron chi connectivity index (χ4n) is 2.04. The van der Waals surface area contributed by atoms with Gasteiger partial charge in [-0.15, -0.1) is 0 Å². The van der Waals surface area contributed by atoms with Crippen LogP contribution in [-0.2, 0) is 0 Å². The van der Waals surface area contributed by atoms with Gasteiger partial charge in [-0.3, -0.25) is 0 Å². The van der Waals surface area contributed by atoms with Crippen molar-refractivity contribution in [2.24, 2.45) is 0 Å². The van der Waals surface area contributed by atoms with Crippen molar-refractivity contribution in [3.63, 3.8) is 0 Å². The first-order valence-electron chi connectivity index (χ1n) is 6.09. The number of nitrogens with one attached hydrogen (secondary N) is 1. The molecule has 3 N–H and O–H groups in total. The zero-order valence-electron chi connectivity index (χ0n) is 11.0. The van der Waals surface area contributed by atoms with E-state index in [0.29, 0.717) is 17.1 Å². The summed E-state index contributed by atoms with van der Waals surface area (Å²) in [6.07, 6.45) is 1.55. The van der Waals surface area contributed by atoms with Crippen LogP contribution in [0.2, 0.25) is 0 Å². The number of nitriles is 1. The third-order valence-corrected chi connectivity index (χ3v) is 3.04. The van der Waals surface area contributed by atoms with Gasteiger partial charge in [0.25, 0.3) is 0 Å². The Balaban J connectivity index is 2.27. The van der Waals surface area contributed by atoms with Crippen LogP contribution in [-0.4, -0.2) is 4.98 Å². The molecule has 0 bridgehead atoms. The van der Waals surface area contributed by atoms with Crippen LogP contribution in [0, 0.1) is 18.3 Å². The molecule has 0 aliphatic carbocycles. The molecule has 0 saturated heterocycles. The molecule has 2 aromatic rings. The van der Waals surface area contributed by atoms with E-state index in [0.717, 1.165) is 0 Å². The average Bonchev–Trinajstić information content (AvgIpc) is 2.41.